The van der Waals surface area contributed by atoms with Crippen molar-refractivity contribution >= 4 is 46.3 Å². The van der Waals surface area contributed by atoms with Crippen LogP contribution in [0.1, 0.15) is 11.1 Å². The van der Waals surface area contributed by atoms with Crippen molar-refractivity contribution in [3.63, 3.8) is 0 Å². The molecule has 0 aliphatic carbocycles. The van der Waals surface area contributed by atoms with Gasteiger partial charge in [0.1, 0.15) is 12.4 Å². The summed E-state index contributed by atoms with van der Waals surface area (Å²) >= 11 is 6.74. The molecular weight excluding hydrogens is 399 g/mol. The number of non-ortho nitro benzene ring substituents is 1. The van der Waals surface area contributed by atoms with Crippen molar-refractivity contribution < 1.29 is 23.7 Å². The van der Waals surface area contributed by atoms with Gasteiger partial charge in [-0.1, -0.05) is 33.3 Å². The predicted octanol–water partition coefficient (Wildman–Crippen LogP) is 4.75. The number of halogens is 2. The molecule has 0 unspecified atom stereocenters. The van der Waals surface area contributed by atoms with Gasteiger partial charge in [-0.3, -0.25) is 19.7 Å². The van der Waals surface area contributed by atoms with Gasteiger partial charge in [-0.05, 0) is 47.2 Å². The van der Waals surface area contributed by atoms with Crippen molar-refractivity contribution in [2.45, 2.75) is 6.61 Å². The Labute approximate surface area is 161 Å². The lowest BCUT2D eigenvalue weighted by molar-refractivity contribution is -0.384. The standard InChI is InChI=1S/C17H10ClFN2O5S/c18-15-11(8-14-16(22)20(19)17(23)27-14)2-1-3-13(15)26-9-10-4-6-12(7-5-10)21(24)25/h1-8H,9H2/b14-8-. The number of ether oxygens (including phenoxy) is 1. The van der Waals surface area contributed by atoms with E-state index in [1.54, 1.807) is 30.3 Å². The topological polar surface area (TPSA) is 89.7 Å². The zero-order valence-electron chi connectivity index (χ0n) is 13.4. The van der Waals surface area contributed by atoms with Crippen LogP contribution in [0.4, 0.5) is 15.0 Å². The summed E-state index contributed by atoms with van der Waals surface area (Å²) in [6.45, 7) is 0.113. The Bertz CT molecular complexity index is 964. The molecule has 1 saturated heterocycles. The number of carbonyl (C=O) groups is 2. The van der Waals surface area contributed by atoms with Crippen LogP contribution in [-0.2, 0) is 11.4 Å². The highest BCUT2D eigenvalue weighted by molar-refractivity contribution is 8.18. The normalized spacial score (nSPS) is 15.5. The maximum Gasteiger partial charge on any atom is 0.322 e. The lowest BCUT2D eigenvalue weighted by atomic mass is 10.2. The second-order valence-corrected chi connectivity index (χ2v) is 6.71. The van der Waals surface area contributed by atoms with Gasteiger partial charge in [-0.15, -0.1) is 0 Å². The zero-order valence-corrected chi connectivity index (χ0v) is 15.0. The van der Waals surface area contributed by atoms with Crippen LogP contribution in [0.3, 0.4) is 0 Å². The fourth-order valence-corrected chi connectivity index (χ4v) is 3.16. The molecule has 2 aromatic rings. The first-order chi connectivity index (χ1) is 12.9. The molecule has 0 radical (unpaired) electrons. The lowest BCUT2D eigenvalue weighted by Gasteiger charge is -2.10. The number of benzene rings is 2. The minimum Gasteiger partial charge on any atom is -0.487 e. The second kappa shape index (κ2) is 7.77. The van der Waals surface area contributed by atoms with Crippen LogP contribution in [0, 0.1) is 10.1 Å². The summed E-state index contributed by atoms with van der Waals surface area (Å²) < 4.78 is 18.8. The van der Waals surface area contributed by atoms with E-state index in [1.807, 2.05) is 0 Å². The van der Waals surface area contributed by atoms with Gasteiger partial charge in [0.15, 0.2) is 0 Å². The number of amides is 2. The number of imide groups is 1. The number of hydrogen-bond donors (Lipinski definition) is 0. The highest BCUT2D eigenvalue weighted by Crippen LogP contribution is 2.36. The molecule has 2 aromatic carbocycles. The maximum absolute atomic E-state index is 13.2. The van der Waals surface area contributed by atoms with Crippen LogP contribution in [-0.4, -0.2) is 21.2 Å². The number of nitrogens with zero attached hydrogens (tertiary/aromatic N) is 2. The van der Waals surface area contributed by atoms with E-state index in [9.17, 15) is 24.2 Å². The van der Waals surface area contributed by atoms with E-state index in [1.165, 1.54) is 18.2 Å². The Morgan fingerprint density at radius 2 is 1.93 bits per heavy atom. The summed E-state index contributed by atoms with van der Waals surface area (Å²) in [5.74, 6) is -0.735. The van der Waals surface area contributed by atoms with Gasteiger partial charge in [0.25, 0.3) is 11.6 Å². The first-order valence-corrected chi connectivity index (χ1v) is 8.64. The summed E-state index contributed by atoms with van der Waals surface area (Å²) in [4.78, 5) is 32.9. The van der Waals surface area contributed by atoms with Gasteiger partial charge in [-0.2, -0.15) is 0 Å². The largest absolute Gasteiger partial charge is 0.487 e. The number of thioether (sulfide) groups is 1. The van der Waals surface area contributed by atoms with E-state index >= 15 is 0 Å². The van der Waals surface area contributed by atoms with E-state index in [0.717, 1.165) is 0 Å². The molecule has 1 heterocycles. The Balaban J connectivity index is 1.76. The number of nitro benzene ring substituents is 1. The van der Waals surface area contributed by atoms with Crippen LogP contribution in [0.2, 0.25) is 5.02 Å². The van der Waals surface area contributed by atoms with E-state index < -0.39 is 21.2 Å². The van der Waals surface area contributed by atoms with Crippen LogP contribution in [0.25, 0.3) is 6.08 Å². The predicted molar refractivity (Wildman–Crippen MR) is 97.8 cm³/mol. The van der Waals surface area contributed by atoms with Crippen molar-refractivity contribution in [3.05, 3.63) is 73.6 Å². The summed E-state index contributed by atoms with van der Waals surface area (Å²) in [6, 6.07) is 10.7. The van der Waals surface area contributed by atoms with Gasteiger partial charge < -0.3 is 4.74 Å². The van der Waals surface area contributed by atoms with Crippen LogP contribution < -0.4 is 4.74 Å². The highest BCUT2D eigenvalue weighted by atomic mass is 35.5. The average Bonchev–Trinajstić information content (AvgIpc) is 2.89. The Kier molecular flexibility index (Phi) is 5.43. The Morgan fingerprint density at radius 1 is 1.22 bits per heavy atom. The average molecular weight is 409 g/mol. The zero-order chi connectivity index (χ0) is 19.6. The number of carbonyl (C=O) groups excluding carboxylic acids is 2. The van der Waals surface area contributed by atoms with E-state index in [0.29, 0.717) is 28.6 Å². The Hall–Kier alpha value is -2.91. The maximum atomic E-state index is 13.2. The third-order valence-corrected chi connectivity index (χ3v) is 4.82. The van der Waals surface area contributed by atoms with Crippen LogP contribution >= 0.6 is 23.4 Å². The van der Waals surface area contributed by atoms with Crippen molar-refractivity contribution in [2.24, 2.45) is 0 Å². The smallest absolute Gasteiger partial charge is 0.322 e. The number of hydrogen-bond acceptors (Lipinski definition) is 6. The molecule has 7 nitrogen and oxygen atoms in total. The molecule has 2 amide bonds. The van der Waals surface area contributed by atoms with Gasteiger partial charge in [0.2, 0.25) is 0 Å². The second-order valence-electron chi connectivity index (χ2n) is 5.33. The highest BCUT2D eigenvalue weighted by Gasteiger charge is 2.36. The molecule has 138 valence electrons. The number of nitro groups is 1. The van der Waals surface area contributed by atoms with E-state index in [4.69, 9.17) is 16.3 Å². The minimum absolute atomic E-state index is 0.0272. The molecule has 3 rings (SSSR count). The molecule has 1 fully saturated rings. The quantitative estimate of drug-likeness (QED) is 0.307. The van der Waals surface area contributed by atoms with Crippen molar-refractivity contribution in [1.82, 2.24) is 5.12 Å². The molecule has 0 bridgehead atoms. The fourth-order valence-electron chi connectivity index (χ4n) is 2.22. The SMILES string of the molecule is O=C1S/C(=C\c2cccc(OCc3ccc([N+](=O)[O-])cc3)c2Cl)C(=O)N1F. The summed E-state index contributed by atoms with van der Waals surface area (Å²) in [5, 5.41) is 9.38. The summed E-state index contributed by atoms with van der Waals surface area (Å²) in [5.41, 5.74) is 1.05. The van der Waals surface area contributed by atoms with Crippen molar-refractivity contribution in [1.29, 1.82) is 0 Å². The van der Waals surface area contributed by atoms with Crippen LogP contribution in [0.15, 0.2) is 47.4 Å². The first-order valence-electron chi connectivity index (χ1n) is 7.45. The lowest BCUT2D eigenvalue weighted by Crippen LogP contribution is -2.17. The molecule has 1 aliphatic rings. The van der Waals surface area contributed by atoms with Gasteiger partial charge in [0, 0.05) is 12.1 Å². The van der Waals surface area contributed by atoms with Gasteiger partial charge in [-0.25, -0.2) is 0 Å². The van der Waals surface area contributed by atoms with Crippen molar-refractivity contribution in [3.8, 4) is 5.75 Å². The third-order valence-electron chi connectivity index (χ3n) is 3.57. The monoisotopic (exact) mass is 408 g/mol. The van der Waals surface area contributed by atoms with Crippen molar-refractivity contribution in [2.75, 3.05) is 0 Å². The number of rotatable bonds is 5. The Morgan fingerprint density at radius 3 is 2.52 bits per heavy atom. The molecule has 27 heavy (non-hydrogen) atoms. The summed E-state index contributed by atoms with van der Waals surface area (Å²) in [7, 11) is 0. The molecule has 0 saturated carbocycles. The first kappa shape index (κ1) is 18.9. The molecule has 0 atom stereocenters. The molecule has 0 aromatic heterocycles. The fraction of sp³-hybridized carbons (Fsp3) is 0.0588. The molecule has 10 heteroatoms. The molecule has 1 aliphatic heterocycles. The minimum atomic E-state index is -1.04. The molecule has 0 N–H and O–H groups in total. The summed E-state index contributed by atoms with van der Waals surface area (Å²) in [6.07, 6.45) is 1.31. The van der Waals surface area contributed by atoms with E-state index in [-0.39, 0.29) is 22.2 Å². The van der Waals surface area contributed by atoms with E-state index in [2.05, 4.69) is 0 Å². The third kappa shape index (κ3) is 4.09. The molecular formula is C17H10ClFN2O5S. The van der Waals surface area contributed by atoms with Gasteiger partial charge >= 0.3 is 5.24 Å². The molecule has 0 spiro atoms. The van der Waals surface area contributed by atoms with Crippen LogP contribution in [0.5, 0.6) is 5.75 Å². The van der Waals surface area contributed by atoms with Gasteiger partial charge in [0.05, 0.1) is 14.9 Å².